The Balaban J connectivity index is 1.49. The van der Waals surface area contributed by atoms with Gasteiger partial charge >= 0.3 is 0 Å². The standard InChI is InChI=1S/C49H71N3O10S/c1-37-13-17-43-41(35-37)48(2,3)45(51(43)22-25-59-31-33-61-29-27-57-7)19-14-38-11-9-12-39(47(38)50(6)21-10-24-53)15-20-46-49(4,5)42-36-40(63(54,55)56)16-18-44(42)52(46)23-26-60-32-34-62-30-28-58-8/h13-20,35-36,53H,9-12,21-34H2,1-8H3/p+1. The van der Waals surface area contributed by atoms with Gasteiger partial charge in [0.15, 0.2) is 0 Å². The second-order valence-corrected chi connectivity index (χ2v) is 18.8. The molecule has 2 heterocycles. The van der Waals surface area contributed by atoms with Crippen molar-refractivity contribution in [1.29, 1.82) is 0 Å². The largest absolute Gasteiger partial charge is 0.396 e. The maximum absolute atomic E-state index is 12.3. The molecule has 0 amide bonds. The molecule has 0 unspecified atom stereocenters. The molecule has 1 saturated carbocycles. The van der Waals surface area contributed by atoms with Crippen molar-refractivity contribution in [2.75, 3.05) is 123 Å². The van der Waals surface area contributed by atoms with Crippen LogP contribution < -0.4 is 9.80 Å². The van der Waals surface area contributed by atoms with E-state index in [9.17, 15) is 18.1 Å². The monoisotopic (exact) mass is 894 g/mol. The van der Waals surface area contributed by atoms with Crippen LogP contribution in [0, 0.1) is 6.92 Å². The number of anilines is 2. The van der Waals surface area contributed by atoms with Crippen LogP contribution >= 0.6 is 0 Å². The fraction of sp³-hybridized carbons (Fsp3) is 0.571. The third-order valence-corrected chi connectivity index (χ3v) is 13.0. The Kier molecular flexibility index (Phi) is 18.7. The fourth-order valence-corrected chi connectivity index (χ4v) is 9.34. The predicted octanol–water partition coefficient (Wildman–Crippen LogP) is 6.77. The second-order valence-electron chi connectivity index (χ2n) is 17.4. The molecule has 2 aromatic rings. The van der Waals surface area contributed by atoms with Gasteiger partial charge in [-0.3, -0.25) is 4.55 Å². The quantitative estimate of drug-likeness (QED) is 0.0654. The average Bonchev–Trinajstić information content (AvgIpc) is 3.59. The average molecular weight is 895 g/mol. The molecule has 348 valence electrons. The van der Waals surface area contributed by atoms with E-state index in [-0.39, 0.29) is 16.9 Å². The third kappa shape index (κ3) is 12.8. The van der Waals surface area contributed by atoms with E-state index in [1.54, 1.807) is 26.4 Å². The van der Waals surface area contributed by atoms with E-state index in [0.29, 0.717) is 92.1 Å². The van der Waals surface area contributed by atoms with E-state index in [4.69, 9.17) is 28.4 Å². The number of fused-ring (bicyclic) bond motifs is 2. The van der Waals surface area contributed by atoms with Crippen LogP contribution in [0.15, 0.2) is 88.1 Å². The number of aliphatic hydroxyl groups excluding tert-OH is 1. The van der Waals surface area contributed by atoms with Crippen molar-refractivity contribution >= 4 is 27.2 Å². The van der Waals surface area contributed by atoms with E-state index in [1.165, 1.54) is 39.7 Å². The summed E-state index contributed by atoms with van der Waals surface area (Å²) < 4.78 is 70.2. The lowest BCUT2D eigenvalue weighted by Crippen LogP contribution is -2.30. The number of aryl methyl sites for hydroxylation is 1. The summed E-state index contributed by atoms with van der Waals surface area (Å²) in [6, 6.07) is 11.5. The zero-order valence-electron chi connectivity index (χ0n) is 38.9. The Morgan fingerprint density at radius 3 is 1.62 bits per heavy atom. The van der Waals surface area contributed by atoms with E-state index in [1.807, 2.05) is 0 Å². The van der Waals surface area contributed by atoms with Gasteiger partial charge in [-0.05, 0) is 73.7 Å². The zero-order chi connectivity index (χ0) is 45.6. The van der Waals surface area contributed by atoms with E-state index in [0.717, 1.165) is 41.9 Å². The van der Waals surface area contributed by atoms with E-state index >= 15 is 0 Å². The van der Waals surface area contributed by atoms with Gasteiger partial charge in [-0.15, -0.1) is 0 Å². The lowest BCUT2D eigenvalue weighted by Gasteiger charge is -2.27. The minimum atomic E-state index is -4.41. The summed E-state index contributed by atoms with van der Waals surface area (Å²) in [5, 5.41) is 9.89. The molecule has 2 N–H and O–H groups in total. The summed E-state index contributed by atoms with van der Waals surface area (Å²) in [6.07, 6.45) is 12.4. The van der Waals surface area contributed by atoms with Crippen molar-refractivity contribution in [3.05, 3.63) is 99.9 Å². The summed E-state index contributed by atoms with van der Waals surface area (Å²) in [5.41, 5.74) is 10.3. The maximum Gasteiger partial charge on any atom is 0.294 e. The van der Waals surface area contributed by atoms with Crippen LogP contribution in [0.3, 0.4) is 0 Å². The molecule has 63 heavy (non-hydrogen) atoms. The highest BCUT2D eigenvalue weighted by Gasteiger charge is 2.42. The first-order valence-electron chi connectivity index (χ1n) is 22.3. The molecule has 5 rings (SSSR count). The van der Waals surface area contributed by atoms with Crippen LogP contribution in [-0.4, -0.2) is 142 Å². The van der Waals surface area contributed by atoms with Gasteiger partial charge in [0.25, 0.3) is 10.1 Å². The molecule has 0 spiro atoms. The highest BCUT2D eigenvalue weighted by Crippen LogP contribution is 2.49. The van der Waals surface area contributed by atoms with Crippen LogP contribution in [0.4, 0.5) is 11.4 Å². The topological polar surface area (TPSA) is 139 Å². The van der Waals surface area contributed by atoms with Crippen LogP contribution in [0.25, 0.3) is 0 Å². The van der Waals surface area contributed by atoms with Gasteiger partial charge in [-0.2, -0.15) is 8.42 Å². The first-order chi connectivity index (χ1) is 30.2. The number of nitrogens with zero attached hydrogens (tertiary/aromatic N) is 3. The Labute approximate surface area is 376 Å². The van der Waals surface area contributed by atoms with Gasteiger partial charge in [-0.1, -0.05) is 57.5 Å². The van der Waals surface area contributed by atoms with Gasteiger partial charge in [0.05, 0.1) is 71.0 Å². The molecule has 14 heteroatoms. The minimum absolute atomic E-state index is 0.0975. The number of rotatable bonds is 24. The van der Waals surface area contributed by atoms with E-state index in [2.05, 4.69) is 98.5 Å². The minimum Gasteiger partial charge on any atom is -0.396 e. The molecule has 13 nitrogen and oxygen atoms in total. The number of allylic oxidation sites excluding steroid dienone is 8. The van der Waals surface area contributed by atoms with Crippen LogP contribution in [0.1, 0.15) is 70.1 Å². The summed E-state index contributed by atoms with van der Waals surface area (Å²) in [5.74, 6) is 0. The van der Waals surface area contributed by atoms with Crippen LogP contribution in [-0.2, 0) is 49.4 Å². The van der Waals surface area contributed by atoms with Gasteiger partial charge in [0.2, 0.25) is 5.71 Å². The smallest absolute Gasteiger partial charge is 0.294 e. The van der Waals surface area contributed by atoms with Crippen molar-refractivity contribution in [1.82, 2.24) is 0 Å². The molecule has 0 radical (unpaired) electrons. The number of benzene rings is 2. The highest BCUT2D eigenvalue weighted by molar-refractivity contribution is 7.85. The SMILES string of the molecule is COCCOCCOCCN1C(=CC=C2CCC/C(=C\C=C3\N(CCOCCOCCOC)c4ccc(S(=O)(=O)O)cc4C3(C)C)C2=[N+](C)CCCO)C(C)(C)c2cc(C)ccc21. The molecule has 3 aliphatic rings. The predicted molar refractivity (Wildman–Crippen MR) is 249 cm³/mol. The Morgan fingerprint density at radius 2 is 1.14 bits per heavy atom. The van der Waals surface area contributed by atoms with Crippen molar-refractivity contribution in [3.63, 3.8) is 0 Å². The zero-order valence-corrected chi connectivity index (χ0v) is 39.7. The highest BCUT2D eigenvalue weighted by atomic mass is 32.2. The lowest BCUT2D eigenvalue weighted by molar-refractivity contribution is -0.497. The molecule has 1 aliphatic carbocycles. The fourth-order valence-electron chi connectivity index (χ4n) is 8.83. The van der Waals surface area contributed by atoms with Crippen LogP contribution in [0.2, 0.25) is 0 Å². The van der Waals surface area contributed by atoms with E-state index < -0.39 is 15.5 Å². The summed E-state index contributed by atoms with van der Waals surface area (Å²) in [4.78, 5) is 4.46. The first kappa shape index (κ1) is 50.3. The van der Waals surface area contributed by atoms with Crippen molar-refractivity contribution < 1.29 is 51.1 Å². The van der Waals surface area contributed by atoms with Gasteiger partial charge < -0.3 is 43.3 Å². The number of hydrogen-bond acceptors (Lipinski definition) is 11. The molecular formula is C49H72N3O10S+. The van der Waals surface area contributed by atoms with Gasteiger partial charge in [-0.25, -0.2) is 4.58 Å². The van der Waals surface area contributed by atoms with Gasteiger partial charge in [0.1, 0.15) is 13.6 Å². The van der Waals surface area contributed by atoms with Gasteiger partial charge in [0, 0.05) is 85.1 Å². The molecule has 0 saturated heterocycles. The number of ether oxygens (including phenoxy) is 6. The summed E-state index contributed by atoms with van der Waals surface area (Å²) in [7, 11) is 1.00. The number of methoxy groups -OCH3 is 2. The Bertz CT molecular complexity index is 2120. The Hall–Kier alpha value is -3.70. The molecule has 2 aliphatic heterocycles. The third-order valence-electron chi connectivity index (χ3n) is 12.2. The van der Waals surface area contributed by atoms with Crippen molar-refractivity contribution in [3.8, 4) is 0 Å². The molecule has 2 aromatic carbocycles. The second kappa shape index (κ2) is 23.5. The normalized spacial score (nSPS) is 20.4. The first-order valence-corrected chi connectivity index (χ1v) is 23.7. The van der Waals surface area contributed by atoms with Crippen LogP contribution in [0.5, 0.6) is 0 Å². The number of aliphatic hydroxyl groups is 1. The molecule has 0 atom stereocenters. The summed E-state index contributed by atoms with van der Waals surface area (Å²) in [6.45, 7) is 17.9. The molecule has 0 bridgehead atoms. The molecule has 1 fully saturated rings. The summed E-state index contributed by atoms with van der Waals surface area (Å²) >= 11 is 0. The molecule has 0 aromatic heterocycles. The Morgan fingerprint density at radius 1 is 0.683 bits per heavy atom. The molecular weight excluding hydrogens is 823 g/mol. The lowest BCUT2D eigenvalue weighted by atomic mass is 9.82. The number of hydrogen-bond donors (Lipinski definition) is 2. The van der Waals surface area contributed by atoms with Crippen molar-refractivity contribution in [2.45, 2.75) is 76.0 Å². The van der Waals surface area contributed by atoms with Crippen molar-refractivity contribution in [2.24, 2.45) is 0 Å². The maximum atomic E-state index is 12.3.